The molecule has 0 bridgehead atoms. The molecular formula is C13H26N2O2. The molecule has 0 heterocycles. The van der Waals surface area contributed by atoms with Crippen LogP contribution in [0, 0.1) is 5.92 Å². The zero-order chi connectivity index (χ0) is 13.1. The Morgan fingerprint density at radius 3 is 2.18 bits per heavy atom. The topological polar surface area (TPSA) is 66.6 Å². The van der Waals surface area contributed by atoms with Crippen molar-refractivity contribution in [3.63, 3.8) is 0 Å². The number of nitrogens with two attached hydrogens (primary N) is 1. The predicted octanol–water partition coefficient (Wildman–Crippen LogP) is 2.67. The molecule has 1 amide bonds. The highest BCUT2D eigenvalue weighted by atomic mass is 16.4. The molecule has 1 aliphatic carbocycles. The van der Waals surface area contributed by atoms with Gasteiger partial charge in [-0.15, -0.1) is 0 Å². The molecule has 0 aromatic heterocycles. The maximum atomic E-state index is 11.4. The monoisotopic (exact) mass is 242 g/mol. The number of amides is 1. The summed E-state index contributed by atoms with van der Waals surface area (Å²) in [6.07, 6.45) is 4.47. The van der Waals surface area contributed by atoms with Crippen molar-refractivity contribution in [2.45, 2.75) is 64.5 Å². The van der Waals surface area contributed by atoms with Gasteiger partial charge >= 0.3 is 6.09 Å². The van der Waals surface area contributed by atoms with Gasteiger partial charge in [-0.3, -0.25) is 0 Å². The molecule has 0 unspecified atom stereocenters. The van der Waals surface area contributed by atoms with Crippen LogP contribution in [0.3, 0.4) is 0 Å². The van der Waals surface area contributed by atoms with Crippen molar-refractivity contribution in [2.75, 3.05) is 6.54 Å². The molecule has 0 aliphatic heterocycles. The summed E-state index contributed by atoms with van der Waals surface area (Å²) in [6.45, 7) is 6.64. The van der Waals surface area contributed by atoms with Gasteiger partial charge in [0, 0.05) is 11.6 Å². The van der Waals surface area contributed by atoms with Crippen molar-refractivity contribution in [3.8, 4) is 0 Å². The van der Waals surface area contributed by atoms with Crippen LogP contribution in [0.2, 0.25) is 0 Å². The molecule has 4 nitrogen and oxygen atoms in total. The van der Waals surface area contributed by atoms with Crippen molar-refractivity contribution in [1.29, 1.82) is 0 Å². The van der Waals surface area contributed by atoms with E-state index in [1.54, 1.807) is 4.90 Å². The Balaban J connectivity index is 2.59. The summed E-state index contributed by atoms with van der Waals surface area (Å²) < 4.78 is 0. The first-order valence-corrected chi connectivity index (χ1v) is 6.58. The molecule has 4 heteroatoms. The number of carbonyl (C=O) groups is 1. The summed E-state index contributed by atoms with van der Waals surface area (Å²) >= 11 is 0. The molecule has 1 saturated carbocycles. The summed E-state index contributed by atoms with van der Waals surface area (Å²) in [4.78, 5) is 13.0. The molecule has 1 rings (SSSR count). The van der Waals surface area contributed by atoms with E-state index in [-0.39, 0.29) is 11.6 Å². The Hall–Kier alpha value is -0.770. The first kappa shape index (κ1) is 14.3. The number of nitrogens with zero attached hydrogens (tertiary/aromatic N) is 1. The van der Waals surface area contributed by atoms with E-state index in [1.165, 1.54) is 0 Å². The molecular weight excluding hydrogens is 216 g/mol. The third-order valence-electron chi connectivity index (χ3n) is 3.69. The number of hydrogen-bond donors (Lipinski definition) is 2. The Kier molecular flexibility index (Phi) is 4.80. The molecule has 0 aromatic rings. The minimum Gasteiger partial charge on any atom is -0.465 e. The predicted molar refractivity (Wildman–Crippen MR) is 69.0 cm³/mol. The zero-order valence-corrected chi connectivity index (χ0v) is 11.3. The molecule has 0 atom stereocenters. The lowest BCUT2D eigenvalue weighted by atomic mass is 9.82. The van der Waals surface area contributed by atoms with E-state index in [0.29, 0.717) is 5.92 Å². The van der Waals surface area contributed by atoms with Crippen LogP contribution < -0.4 is 5.73 Å². The lowest BCUT2D eigenvalue weighted by Gasteiger charge is -2.42. The van der Waals surface area contributed by atoms with Gasteiger partial charge in [0.05, 0.1) is 0 Å². The molecule has 0 radical (unpaired) electrons. The summed E-state index contributed by atoms with van der Waals surface area (Å²) in [5.74, 6) is 0.701. The SMILES string of the molecule is CC(C)(C)N(C(=O)O)[C@H]1CC[C@H](CCN)CC1. The maximum absolute atomic E-state index is 11.4. The van der Waals surface area contributed by atoms with Crippen LogP contribution in [0.5, 0.6) is 0 Å². The normalized spacial score (nSPS) is 25.6. The van der Waals surface area contributed by atoms with Gasteiger partial charge in [0.1, 0.15) is 0 Å². The second-order valence-electron chi connectivity index (χ2n) is 6.08. The molecule has 3 N–H and O–H groups in total. The molecule has 17 heavy (non-hydrogen) atoms. The van der Waals surface area contributed by atoms with E-state index in [1.807, 2.05) is 20.8 Å². The average Bonchev–Trinajstić information content (AvgIpc) is 2.18. The third-order valence-corrected chi connectivity index (χ3v) is 3.69. The number of rotatable bonds is 3. The Bertz CT molecular complexity index is 253. The largest absolute Gasteiger partial charge is 0.465 e. The van der Waals surface area contributed by atoms with Crippen LogP contribution in [0.4, 0.5) is 4.79 Å². The second kappa shape index (κ2) is 5.71. The second-order valence-corrected chi connectivity index (χ2v) is 6.08. The standard InChI is InChI=1S/C13H26N2O2/c1-13(2,3)15(12(16)17)11-6-4-10(5-7-11)8-9-14/h10-11H,4-9,14H2,1-3H3,(H,16,17)/t10-,11-. The lowest BCUT2D eigenvalue weighted by molar-refractivity contribution is 0.0499. The van der Waals surface area contributed by atoms with Crippen molar-refractivity contribution >= 4 is 6.09 Å². The summed E-state index contributed by atoms with van der Waals surface area (Å²) in [7, 11) is 0. The number of hydrogen-bond acceptors (Lipinski definition) is 2. The van der Waals surface area contributed by atoms with Crippen molar-refractivity contribution in [3.05, 3.63) is 0 Å². The number of carboxylic acid groups (broad SMARTS) is 1. The van der Waals surface area contributed by atoms with Gasteiger partial charge in [0.15, 0.2) is 0 Å². The molecule has 0 aromatic carbocycles. The fourth-order valence-electron chi connectivity index (χ4n) is 2.92. The Morgan fingerprint density at radius 1 is 1.29 bits per heavy atom. The van der Waals surface area contributed by atoms with Crippen LogP contribution >= 0.6 is 0 Å². The van der Waals surface area contributed by atoms with Crippen LogP contribution in [-0.4, -0.2) is 34.2 Å². The third kappa shape index (κ3) is 3.87. The van der Waals surface area contributed by atoms with Gasteiger partial charge in [-0.05, 0) is 65.3 Å². The lowest BCUT2D eigenvalue weighted by Crippen LogP contribution is -2.52. The Morgan fingerprint density at radius 2 is 1.82 bits per heavy atom. The van der Waals surface area contributed by atoms with Crippen molar-refractivity contribution in [1.82, 2.24) is 4.90 Å². The van der Waals surface area contributed by atoms with E-state index in [2.05, 4.69) is 0 Å². The molecule has 1 aliphatic rings. The fourth-order valence-corrected chi connectivity index (χ4v) is 2.92. The van der Waals surface area contributed by atoms with Gasteiger partial charge in [-0.2, -0.15) is 0 Å². The van der Waals surface area contributed by atoms with Crippen LogP contribution in [0.25, 0.3) is 0 Å². The van der Waals surface area contributed by atoms with Crippen LogP contribution in [0.15, 0.2) is 0 Å². The van der Waals surface area contributed by atoms with E-state index in [4.69, 9.17) is 5.73 Å². The van der Waals surface area contributed by atoms with E-state index in [0.717, 1.165) is 38.6 Å². The van der Waals surface area contributed by atoms with Gasteiger partial charge in [-0.25, -0.2) is 4.79 Å². The molecule has 0 spiro atoms. The summed E-state index contributed by atoms with van der Waals surface area (Å²) in [5, 5.41) is 9.34. The molecule has 0 saturated heterocycles. The van der Waals surface area contributed by atoms with Crippen LogP contribution in [-0.2, 0) is 0 Å². The zero-order valence-electron chi connectivity index (χ0n) is 11.3. The smallest absolute Gasteiger partial charge is 0.407 e. The first-order chi connectivity index (χ1) is 7.86. The summed E-state index contributed by atoms with van der Waals surface area (Å²) in [6, 6.07) is 0.182. The van der Waals surface area contributed by atoms with E-state index < -0.39 is 6.09 Å². The highest BCUT2D eigenvalue weighted by molar-refractivity contribution is 5.66. The Labute approximate surface area is 104 Å². The van der Waals surface area contributed by atoms with Gasteiger partial charge in [0.2, 0.25) is 0 Å². The first-order valence-electron chi connectivity index (χ1n) is 6.58. The maximum Gasteiger partial charge on any atom is 0.407 e. The van der Waals surface area contributed by atoms with E-state index in [9.17, 15) is 9.90 Å². The average molecular weight is 242 g/mol. The van der Waals surface area contributed by atoms with Crippen LogP contribution in [0.1, 0.15) is 52.9 Å². The van der Waals surface area contributed by atoms with Crippen molar-refractivity contribution < 1.29 is 9.90 Å². The molecule has 1 fully saturated rings. The fraction of sp³-hybridized carbons (Fsp3) is 0.923. The molecule has 100 valence electrons. The summed E-state index contributed by atoms with van der Waals surface area (Å²) in [5.41, 5.74) is 5.26. The van der Waals surface area contributed by atoms with Gasteiger partial charge in [-0.1, -0.05) is 0 Å². The van der Waals surface area contributed by atoms with E-state index >= 15 is 0 Å². The highest BCUT2D eigenvalue weighted by Gasteiger charge is 2.35. The van der Waals surface area contributed by atoms with Gasteiger partial charge < -0.3 is 15.7 Å². The van der Waals surface area contributed by atoms with Gasteiger partial charge in [0.25, 0.3) is 0 Å². The van der Waals surface area contributed by atoms with Crippen molar-refractivity contribution in [2.24, 2.45) is 11.7 Å². The highest BCUT2D eigenvalue weighted by Crippen LogP contribution is 2.32. The minimum absolute atomic E-state index is 0.182. The quantitative estimate of drug-likeness (QED) is 0.799. The minimum atomic E-state index is -0.792.